The third kappa shape index (κ3) is 2.15. The number of carbonyl (C=O) groups excluding carboxylic acids is 1. The maximum atomic E-state index is 12.7. The van der Waals surface area contributed by atoms with Crippen LogP contribution in [-0.2, 0) is 0 Å². The zero-order valence-electron chi connectivity index (χ0n) is 12.8. The number of nitriles is 1. The minimum Gasteiger partial charge on any atom is -0.439 e. The van der Waals surface area contributed by atoms with Gasteiger partial charge in [-0.25, -0.2) is 9.97 Å². The van der Waals surface area contributed by atoms with Gasteiger partial charge in [-0.15, -0.1) is 0 Å². The van der Waals surface area contributed by atoms with E-state index in [0.29, 0.717) is 16.7 Å². The van der Waals surface area contributed by atoms with E-state index in [0.717, 1.165) is 5.69 Å². The molecule has 0 spiro atoms. The highest BCUT2D eigenvalue weighted by molar-refractivity contribution is 6.01. The third-order valence-corrected chi connectivity index (χ3v) is 3.90. The number of para-hydroxylation sites is 2. The van der Waals surface area contributed by atoms with Gasteiger partial charge in [0.2, 0.25) is 11.7 Å². The van der Waals surface area contributed by atoms with Crippen LogP contribution in [-0.4, -0.2) is 20.2 Å². The SMILES string of the molecule is Cc1cccc2nc(C(=O)C(C#N)c3nc4ccccc4o3)cn12. The third-order valence-electron chi connectivity index (χ3n) is 3.90. The topological polar surface area (TPSA) is 84.2 Å². The van der Waals surface area contributed by atoms with Gasteiger partial charge in [0.15, 0.2) is 11.5 Å². The van der Waals surface area contributed by atoms with E-state index in [4.69, 9.17) is 4.42 Å². The summed E-state index contributed by atoms with van der Waals surface area (Å²) in [6, 6.07) is 14.7. The smallest absolute Gasteiger partial charge is 0.220 e. The number of oxazole rings is 1. The molecule has 0 aliphatic rings. The summed E-state index contributed by atoms with van der Waals surface area (Å²) in [6.07, 6.45) is 1.64. The summed E-state index contributed by atoms with van der Waals surface area (Å²) in [7, 11) is 0. The van der Waals surface area contributed by atoms with E-state index < -0.39 is 11.7 Å². The Morgan fingerprint density at radius 1 is 1.21 bits per heavy atom. The number of hydrogen-bond donors (Lipinski definition) is 0. The van der Waals surface area contributed by atoms with E-state index in [1.807, 2.05) is 47.7 Å². The molecule has 1 unspecified atom stereocenters. The molecule has 0 saturated heterocycles. The molecule has 0 saturated carbocycles. The van der Waals surface area contributed by atoms with Gasteiger partial charge in [0.1, 0.15) is 16.9 Å². The van der Waals surface area contributed by atoms with Crippen LogP contribution in [0.5, 0.6) is 0 Å². The van der Waals surface area contributed by atoms with E-state index >= 15 is 0 Å². The van der Waals surface area contributed by atoms with Crippen LogP contribution in [0.25, 0.3) is 16.7 Å². The standard InChI is InChI=1S/C18H12N4O2/c1-11-5-4-8-16-20-14(10-22(11)16)17(23)12(9-19)18-21-13-6-2-3-7-15(13)24-18/h2-8,10,12H,1H3. The highest BCUT2D eigenvalue weighted by Gasteiger charge is 2.29. The van der Waals surface area contributed by atoms with Gasteiger partial charge >= 0.3 is 0 Å². The monoisotopic (exact) mass is 316 g/mol. The van der Waals surface area contributed by atoms with Crippen LogP contribution in [0.4, 0.5) is 0 Å². The van der Waals surface area contributed by atoms with Gasteiger partial charge in [-0.05, 0) is 31.2 Å². The second-order valence-corrected chi connectivity index (χ2v) is 5.47. The molecule has 6 nitrogen and oxygen atoms in total. The minimum absolute atomic E-state index is 0.0949. The molecule has 0 N–H and O–H groups in total. The van der Waals surface area contributed by atoms with Gasteiger partial charge in [-0.1, -0.05) is 18.2 Å². The molecule has 1 atom stereocenters. The summed E-state index contributed by atoms with van der Waals surface area (Å²) in [5, 5.41) is 9.46. The quantitative estimate of drug-likeness (QED) is 0.542. The van der Waals surface area contributed by atoms with Crippen molar-refractivity contribution in [3.8, 4) is 6.07 Å². The number of ketones is 1. The van der Waals surface area contributed by atoms with Gasteiger partial charge in [-0.2, -0.15) is 5.26 Å². The second kappa shape index (κ2) is 5.32. The first-order valence-electron chi connectivity index (χ1n) is 7.41. The van der Waals surface area contributed by atoms with Crippen LogP contribution in [0.2, 0.25) is 0 Å². The molecule has 4 rings (SSSR count). The van der Waals surface area contributed by atoms with E-state index in [1.165, 1.54) is 0 Å². The Kier molecular flexibility index (Phi) is 3.14. The molecule has 0 radical (unpaired) electrons. The molecule has 1 aromatic carbocycles. The van der Waals surface area contributed by atoms with Gasteiger partial charge in [0, 0.05) is 11.9 Å². The van der Waals surface area contributed by atoms with Crippen LogP contribution in [0.15, 0.2) is 53.1 Å². The fourth-order valence-electron chi connectivity index (χ4n) is 2.65. The Hall–Kier alpha value is -3.46. The van der Waals surface area contributed by atoms with Crippen LogP contribution >= 0.6 is 0 Å². The van der Waals surface area contributed by atoms with E-state index in [-0.39, 0.29) is 11.6 Å². The molecule has 0 aliphatic carbocycles. The summed E-state index contributed by atoms with van der Waals surface area (Å²) in [5.41, 5.74) is 3.00. The number of rotatable bonds is 3. The molecule has 3 heterocycles. The zero-order valence-corrected chi connectivity index (χ0v) is 12.8. The Morgan fingerprint density at radius 2 is 2.04 bits per heavy atom. The van der Waals surface area contributed by atoms with Crippen LogP contribution in [0.3, 0.4) is 0 Å². The van der Waals surface area contributed by atoms with Crippen molar-refractivity contribution in [3.05, 3.63) is 65.9 Å². The Bertz CT molecular complexity index is 1080. The number of fused-ring (bicyclic) bond motifs is 2. The predicted molar refractivity (Wildman–Crippen MR) is 86.6 cm³/mol. The van der Waals surface area contributed by atoms with Crippen molar-refractivity contribution < 1.29 is 9.21 Å². The molecule has 6 heteroatoms. The normalized spacial score (nSPS) is 12.3. The molecule has 4 aromatic rings. The van der Waals surface area contributed by atoms with Crippen LogP contribution in [0, 0.1) is 18.3 Å². The maximum Gasteiger partial charge on any atom is 0.220 e. The predicted octanol–water partition coefficient (Wildman–Crippen LogP) is 3.27. The lowest BCUT2D eigenvalue weighted by atomic mass is 10.0. The molecule has 24 heavy (non-hydrogen) atoms. The largest absolute Gasteiger partial charge is 0.439 e. The van der Waals surface area contributed by atoms with Gasteiger partial charge < -0.3 is 8.82 Å². The molecule has 0 aliphatic heterocycles. The van der Waals surface area contributed by atoms with E-state index in [2.05, 4.69) is 9.97 Å². The number of aryl methyl sites for hydroxylation is 1. The lowest BCUT2D eigenvalue weighted by Gasteiger charge is -2.00. The highest BCUT2D eigenvalue weighted by atomic mass is 16.3. The number of aromatic nitrogens is 3. The summed E-state index contributed by atoms with van der Waals surface area (Å²) in [5.74, 6) is -1.45. The number of benzene rings is 1. The lowest BCUT2D eigenvalue weighted by molar-refractivity contribution is 0.0966. The summed E-state index contributed by atoms with van der Waals surface area (Å²) < 4.78 is 7.39. The Labute approximate surface area is 137 Å². The minimum atomic E-state index is -1.12. The average molecular weight is 316 g/mol. The number of nitrogens with zero attached hydrogens (tertiary/aromatic N) is 4. The van der Waals surface area contributed by atoms with E-state index in [1.54, 1.807) is 18.3 Å². The molecule has 0 amide bonds. The number of imidazole rings is 1. The lowest BCUT2D eigenvalue weighted by Crippen LogP contribution is -2.12. The van der Waals surface area contributed by atoms with Crippen molar-refractivity contribution in [2.45, 2.75) is 12.8 Å². The molecule has 0 bridgehead atoms. The Balaban J connectivity index is 1.77. The number of pyridine rings is 1. The fraction of sp³-hybridized carbons (Fsp3) is 0.111. The molecule has 116 valence electrons. The Morgan fingerprint density at radius 3 is 2.79 bits per heavy atom. The van der Waals surface area contributed by atoms with Crippen LogP contribution < -0.4 is 0 Å². The van der Waals surface area contributed by atoms with Crippen molar-refractivity contribution >= 4 is 22.5 Å². The van der Waals surface area contributed by atoms with E-state index in [9.17, 15) is 10.1 Å². The van der Waals surface area contributed by atoms with Gasteiger partial charge in [0.25, 0.3) is 0 Å². The summed E-state index contributed by atoms with van der Waals surface area (Å²) >= 11 is 0. The maximum absolute atomic E-state index is 12.7. The number of carbonyl (C=O) groups is 1. The first kappa shape index (κ1) is 14.2. The van der Waals surface area contributed by atoms with Crippen molar-refractivity contribution in [3.63, 3.8) is 0 Å². The van der Waals surface area contributed by atoms with Crippen molar-refractivity contribution in [2.75, 3.05) is 0 Å². The second-order valence-electron chi connectivity index (χ2n) is 5.47. The molecule has 0 fully saturated rings. The average Bonchev–Trinajstić information content (AvgIpc) is 3.19. The number of hydrogen-bond acceptors (Lipinski definition) is 5. The fourth-order valence-corrected chi connectivity index (χ4v) is 2.65. The van der Waals surface area contributed by atoms with Crippen molar-refractivity contribution in [1.29, 1.82) is 5.26 Å². The molecular formula is C18H12N4O2. The van der Waals surface area contributed by atoms with Crippen molar-refractivity contribution in [2.24, 2.45) is 0 Å². The van der Waals surface area contributed by atoms with Crippen molar-refractivity contribution in [1.82, 2.24) is 14.4 Å². The van der Waals surface area contributed by atoms with Crippen LogP contribution in [0.1, 0.15) is 28.0 Å². The summed E-state index contributed by atoms with van der Waals surface area (Å²) in [4.78, 5) is 21.3. The van der Waals surface area contributed by atoms with Gasteiger partial charge in [-0.3, -0.25) is 4.79 Å². The first-order chi connectivity index (χ1) is 11.7. The zero-order chi connectivity index (χ0) is 16.7. The summed E-state index contributed by atoms with van der Waals surface area (Å²) in [6.45, 7) is 1.92. The highest BCUT2D eigenvalue weighted by Crippen LogP contribution is 2.24. The molecular weight excluding hydrogens is 304 g/mol. The first-order valence-corrected chi connectivity index (χ1v) is 7.41. The van der Waals surface area contributed by atoms with Gasteiger partial charge in [0.05, 0.1) is 6.07 Å². The molecule has 3 aromatic heterocycles. The number of Topliss-reactive ketones (excluding diaryl/α,β-unsaturated/α-hetero) is 1.